The van der Waals surface area contributed by atoms with E-state index in [1.54, 1.807) is 18.2 Å². The summed E-state index contributed by atoms with van der Waals surface area (Å²) >= 11 is 0. The van der Waals surface area contributed by atoms with Gasteiger partial charge in [-0.05, 0) is 74.7 Å². The maximum atomic E-state index is 13.4. The summed E-state index contributed by atoms with van der Waals surface area (Å²) in [6.07, 6.45) is 0.891. The molecule has 1 aromatic carbocycles. The number of hydrogen-bond acceptors (Lipinski definition) is 7. The van der Waals surface area contributed by atoms with Crippen molar-refractivity contribution in [1.82, 2.24) is 14.7 Å². The van der Waals surface area contributed by atoms with E-state index in [4.69, 9.17) is 10.7 Å². The molecule has 34 heavy (non-hydrogen) atoms. The van der Waals surface area contributed by atoms with Crippen molar-refractivity contribution in [3.05, 3.63) is 66.0 Å². The maximum absolute atomic E-state index is 13.4. The average molecular weight is 484 g/mol. The second kappa shape index (κ2) is 8.68. The maximum Gasteiger partial charge on any atom is 0.281 e. The standard InChI is InChI=1S/C24H26FN5O3S/c1-15-13-14-30(24(15,2)3)22-18(11-12-19(27-22)16-7-9-17(25)10-8-16)23(31)29-34(32,33)21-6-4-5-20(26)28-21/h4-12,15H,13-14H2,1-3H3,(H2,26,28)(H,29,31). The van der Waals surface area contributed by atoms with Gasteiger partial charge < -0.3 is 10.6 Å². The molecular weight excluding hydrogens is 457 g/mol. The van der Waals surface area contributed by atoms with Crippen LogP contribution in [0.2, 0.25) is 0 Å². The van der Waals surface area contributed by atoms with Gasteiger partial charge in [-0.1, -0.05) is 13.0 Å². The number of anilines is 2. The van der Waals surface area contributed by atoms with Crippen LogP contribution in [-0.4, -0.2) is 36.4 Å². The lowest BCUT2D eigenvalue weighted by atomic mass is 9.90. The highest BCUT2D eigenvalue weighted by Crippen LogP contribution is 2.39. The SMILES string of the molecule is CC1CCN(c2nc(-c3ccc(F)cc3)ccc2C(=O)NS(=O)(=O)c2cccc(N)n2)C1(C)C. The first-order valence-corrected chi connectivity index (χ1v) is 12.3. The van der Waals surface area contributed by atoms with E-state index in [9.17, 15) is 17.6 Å². The molecule has 0 aliphatic carbocycles. The van der Waals surface area contributed by atoms with Crippen LogP contribution >= 0.6 is 0 Å². The van der Waals surface area contributed by atoms with E-state index < -0.39 is 15.9 Å². The third-order valence-corrected chi connectivity index (χ3v) is 7.68. The van der Waals surface area contributed by atoms with Gasteiger partial charge in [-0.25, -0.2) is 19.1 Å². The monoisotopic (exact) mass is 483 g/mol. The Hall–Kier alpha value is -3.53. The lowest BCUT2D eigenvalue weighted by Crippen LogP contribution is -2.43. The highest BCUT2D eigenvalue weighted by molar-refractivity contribution is 7.90. The quantitative estimate of drug-likeness (QED) is 0.569. The minimum Gasteiger partial charge on any atom is -0.384 e. The van der Waals surface area contributed by atoms with Gasteiger partial charge in [0.1, 0.15) is 17.5 Å². The van der Waals surface area contributed by atoms with E-state index in [0.717, 1.165) is 6.42 Å². The minimum absolute atomic E-state index is 0.0223. The zero-order valence-electron chi connectivity index (χ0n) is 19.1. The third-order valence-electron chi connectivity index (χ3n) is 6.45. The van der Waals surface area contributed by atoms with Crippen LogP contribution in [0.1, 0.15) is 37.6 Å². The number of nitrogens with zero attached hydrogens (tertiary/aromatic N) is 3. The second-order valence-corrected chi connectivity index (χ2v) is 10.5. The number of carbonyl (C=O) groups excluding carboxylic acids is 1. The van der Waals surface area contributed by atoms with Crippen molar-refractivity contribution in [1.29, 1.82) is 0 Å². The second-order valence-electron chi connectivity index (χ2n) is 8.90. The molecule has 8 nitrogen and oxygen atoms in total. The Morgan fingerprint density at radius 1 is 1.12 bits per heavy atom. The van der Waals surface area contributed by atoms with E-state index in [2.05, 4.69) is 30.5 Å². The molecule has 1 amide bonds. The summed E-state index contributed by atoms with van der Waals surface area (Å²) in [6, 6.07) is 13.2. The lowest BCUT2D eigenvalue weighted by Gasteiger charge is -2.36. The number of benzene rings is 1. The number of rotatable bonds is 5. The molecule has 10 heteroatoms. The van der Waals surface area contributed by atoms with Crippen molar-refractivity contribution in [2.75, 3.05) is 17.2 Å². The molecule has 178 valence electrons. The summed E-state index contributed by atoms with van der Waals surface area (Å²) in [5.74, 6) is -0.485. The number of nitrogens with one attached hydrogen (secondary N) is 1. The highest BCUT2D eigenvalue weighted by atomic mass is 32.2. The molecular formula is C24H26FN5O3S. The minimum atomic E-state index is -4.26. The molecule has 0 radical (unpaired) electrons. The normalized spacial score (nSPS) is 17.5. The predicted octanol–water partition coefficient (Wildman–Crippen LogP) is 3.61. The van der Waals surface area contributed by atoms with Crippen LogP contribution in [0.4, 0.5) is 16.0 Å². The largest absolute Gasteiger partial charge is 0.384 e. The number of pyridine rings is 2. The number of amides is 1. The topological polar surface area (TPSA) is 118 Å². The summed E-state index contributed by atoms with van der Waals surface area (Å²) < 4.78 is 41.1. The van der Waals surface area contributed by atoms with Crippen molar-refractivity contribution in [2.45, 2.75) is 37.8 Å². The smallest absolute Gasteiger partial charge is 0.281 e. The number of halogens is 1. The number of nitrogen functional groups attached to an aromatic ring is 1. The van der Waals surface area contributed by atoms with Crippen LogP contribution in [0.5, 0.6) is 0 Å². The van der Waals surface area contributed by atoms with Gasteiger partial charge in [0.15, 0.2) is 5.03 Å². The molecule has 1 fully saturated rings. The Morgan fingerprint density at radius 3 is 2.44 bits per heavy atom. The summed E-state index contributed by atoms with van der Waals surface area (Å²) in [6.45, 7) is 6.90. The van der Waals surface area contributed by atoms with Crippen LogP contribution < -0.4 is 15.4 Å². The number of sulfonamides is 1. The zero-order valence-corrected chi connectivity index (χ0v) is 19.9. The fourth-order valence-electron chi connectivity index (χ4n) is 4.03. The van der Waals surface area contributed by atoms with Gasteiger partial charge in [0, 0.05) is 17.6 Å². The molecule has 1 atom stereocenters. The van der Waals surface area contributed by atoms with E-state index >= 15 is 0 Å². The van der Waals surface area contributed by atoms with E-state index in [-0.39, 0.29) is 27.8 Å². The Kier molecular flexibility index (Phi) is 6.03. The Balaban J connectivity index is 1.77. The van der Waals surface area contributed by atoms with E-state index in [1.165, 1.54) is 36.4 Å². The Labute approximate surface area is 198 Å². The van der Waals surface area contributed by atoms with Crippen molar-refractivity contribution in [3.8, 4) is 11.3 Å². The molecule has 1 aliphatic heterocycles. The first-order chi connectivity index (χ1) is 16.0. The molecule has 2 aromatic heterocycles. The van der Waals surface area contributed by atoms with Gasteiger partial charge in [0.25, 0.3) is 15.9 Å². The molecule has 1 saturated heterocycles. The van der Waals surface area contributed by atoms with Gasteiger partial charge in [-0.2, -0.15) is 8.42 Å². The van der Waals surface area contributed by atoms with Crippen LogP contribution in [-0.2, 0) is 10.0 Å². The first-order valence-electron chi connectivity index (χ1n) is 10.8. The zero-order chi connectivity index (χ0) is 24.7. The Morgan fingerprint density at radius 2 is 1.82 bits per heavy atom. The number of carbonyl (C=O) groups is 1. The highest BCUT2D eigenvalue weighted by Gasteiger charge is 2.41. The van der Waals surface area contributed by atoms with Crippen LogP contribution in [0, 0.1) is 11.7 Å². The van der Waals surface area contributed by atoms with Crippen molar-refractivity contribution < 1.29 is 17.6 Å². The molecule has 3 N–H and O–H groups in total. The van der Waals surface area contributed by atoms with E-state index in [1.807, 2.05) is 4.90 Å². The number of aromatic nitrogens is 2. The summed E-state index contributed by atoms with van der Waals surface area (Å²) in [7, 11) is -4.26. The summed E-state index contributed by atoms with van der Waals surface area (Å²) in [5, 5.41) is -0.353. The molecule has 1 aliphatic rings. The lowest BCUT2D eigenvalue weighted by molar-refractivity contribution is 0.0981. The molecule has 0 saturated carbocycles. The molecule has 1 unspecified atom stereocenters. The van der Waals surface area contributed by atoms with Gasteiger partial charge in [0.2, 0.25) is 0 Å². The molecule has 3 aromatic rings. The van der Waals surface area contributed by atoms with Gasteiger partial charge in [-0.15, -0.1) is 0 Å². The van der Waals surface area contributed by atoms with Gasteiger partial charge in [0.05, 0.1) is 11.3 Å². The van der Waals surface area contributed by atoms with E-state index in [0.29, 0.717) is 29.5 Å². The van der Waals surface area contributed by atoms with Crippen molar-refractivity contribution in [3.63, 3.8) is 0 Å². The average Bonchev–Trinajstić information content (AvgIpc) is 3.05. The fraction of sp³-hybridized carbons (Fsp3) is 0.292. The number of nitrogens with two attached hydrogens (primary N) is 1. The molecule has 0 bridgehead atoms. The van der Waals surface area contributed by atoms with Crippen LogP contribution in [0.3, 0.4) is 0 Å². The van der Waals surface area contributed by atoms with Crippen LogP contribution in [0.15, 0.2) is 59.6 Å². The molecule has 0 spiro atoms. The summed E-state index contributed by atoms with van der Waals surface area (Å²) in [4.78, 5) is 23.8. The van der Waals surface area contributed by atoms with Gasteiger partial charge >= 0.3 is 0 Å². The first kappa shape index (κ1) is 23.6. The van der Waals surface area contributed by atoms with Crippen molar-refractivity contribution in [2.24, 2.45) is 5.92 Å². The molecule has 4 rings (SSSR count). The van der Waals surface area contributed by atoms with Crippen LogP contribution in [0.25, 0.3) is 11.3 Å². The summed E-state index contributed by atoms with van der Waals surface area (Å²) in [5.41, 5.74) is 6.61. The van der Waals surface area contributed by atoms with Crippen molar-refractivity contribution >= 4 is 27.6 Å². The van der Waals surface area contributed by atoms with Gasteiger partial charge in [-0.3, -0.25) is 4.79 Å². The predicted molar refractivity (Wildman–Crippen MR) is 128 cm³/mol. The fourth-order valence-corrected chi connectivity index (χ4v) is 4.97. The molecule has 3 heterocycles. The third kappa shape index (κ3) is 4.45. The Bertz CT molecular complexity index is 1340. The number of hydrogen-bond donors (Lipinski definition) is 2.